The number of amides is 2. The highest BCUT2D eigenvalue weighted by Crippen LogP contribution is 2.20. The van der Waals surface area contributed by atoms with Gasteiger partial charge in [0.25, 0.3) is 0 Å². The van der Waals surface area contributed by atoms with E-state index in [2.05, 4.69) is 11.4 Å². The van der Waals surface area contributed by atoms with Crippen molar-refractivity contribution in [1.82, 2.24) is 5.32 Å². The molecule has 1 aromatic rings. The van der Waals surface area contributed by atoms with Crippen LogP contribution in [-0.4, -0.2) is 39.0 Å². The van der Waals surface area contributed by atoms with Crippen LogP contribution < -0.4 is 15.1 Å². The number of anilines is 2. The Morgan fingerprint density at radius 3 is 2.35 bits per heavy atom. The second-order valence-electron chi connectivity index (χ2n) is 7.04. The van der Waals surface area contributed by atoms with Crippen molar-refractivity contribution in [3.8, 4) is 0 Å². The van der Waals surface area contributed by atoms with Gasteiger partial charge in [0.05, 0.1) is 0 Å². The molecule has 0 aromatic heterocycles. The van der Waals surface area contributed by atoms with Crippen molar-refractivity contribution in [2.45, 2.75) is 45.4 Å². The molecule has 26 heavy (non-hydrogen) atoms. The second kappa shape index (κ2) is 10.00. The normalized spacial score (nSPS) is 13.7. The molecule has 0 atom stereocenters. The molecular formula is C21H31N3O2. The zero-order valence-electron chi connectivity index (χ0n) is 16.3. The van der Waals surface area contributed by atoms with Gasteiger partial charge in [0.2, 0.25) is 11.8 Å². The van der Waals surface area contributed by atoms with E-state index in [0.29, 0.717) is 19.5 Å². The topological polar surface area (TPSA) is 52.7 Å². The monoisotopic (exact) mass is 357 g/mol. The van der Waals surface area contributed by atoms with Crippen molar-refractivity contribution in [3.05, 3.63) is 35.9 Å². The average molecular weight is 357 g/mol. The molecule has 0 heterocycles. The summed E-state index contributed by atoms with van der Waals surface area (Å²) in [5.74, 6) is -0.0552. The first-order valence-electron chi connectivity index (χ1n) is 9.47. The van der Waals surface area contributed by atoms with Crippen LogP contribution in [0.4, 0.5) is 11.4 Å². The van der Waals surface area contributed by atoms with Crippen LogP contribution in [-0.2, 0) is 9.59 Å². The molecule has 0 saturated carbocycles. The fourth-order valence-electron chi connectivity index (χ4n) is 3.19. The smallest absolute Gasteiger partial charge is 0.223 e. The van der Waals surface area contributed by atoms with Crippen LogP contribution in [0.3, 0.4) is 0 Å². The Labute approximate surface area is 157 Å². The van der Waals surface area contributed by atoms with E-state index >= 15 is 0 Å². The van der Waals surface area contributed by atoms with E-state index in [4.69, 9.17) is 0 Å². The minimum absolute atomic E-state index is 0.00225. The van der Waals surface area contributed by atoms with Gasteiger partial charge in [-0.25, -0.2) is 0 Å². The maximum atomic E-state index is 12.1. The Bertz CT molecular complexity index is 635. The van der Waals surface area contributed by atoms with Crippen molar-refractivity contribution in [2.24, 2.45) is 0 Å². The molecule has 1 aliphatic rings. The van der Waals surface area contributed by atoms with Gasteiger partial charge in [-0.15, -0.1) is 0 Å². The lowest BCUT2D eigenvalue weighted by Crippen LogP contribution is -2.34. The molecule has 0 bridgehead atoms. The molecule has 0 aliphatic heterocycles. The van der Waals surface area contributed by atoms with E-state index in [-0.39, 0.29) is 11.8 Å². The maximum Gasteiger partial charge on any atom is 0.223 e. The molecule has 0 unspecified atom stereocenters. The summed E-state index contributed by atoms with van der Waals surface area (Å²) in [4.78, 5) is 27.8. The molecule has 0 radical (unpaired) electrons. The predicted octanol–water partition coefficient (Wildman–Crippen LogP) is 3.50. The number of hydrogen-bond donors (Lipinski definition) is 1. The molecule has 2 rings (SSSR count). The molecule has 1 aliphatic carbocycles. The Hall–Kier alpha value is -2.30. The zero-order chi connectivity index (χ0) is 18.9. The molecule has 142 valence electrons. The predicted molar refractivity (Wildman–Crippen MR) is 108 cm³/mol. The fraction of sp³-hybridized carbons (Fsp3) is 0.524. The van der Waals surface area contributed by atoms with Crippen molar-refractivity contribution in [1.29, 1.82) is 0 Å². The highest BCUT2D eigenvalue weighted by molar-refractivity contribution is 5.92. The van der Waals surface area contributed by atoms with Crippen molar-refractivity contribution >= 4 is 23.2 Å². The highest BCUT2D eigenvalue weighted by Gasteiger charge is 2.14. The number of benzene rings is 1. The maximum absolute atomic E-state index is 12.1. The van der Waals surface area contributed by atoms with E-state index in [1.807, 2.05) is 43.3 Å². The highest BCUT2D eigenvalue weighted by atomic mass is 16.2. The van der Waals surface area contributed by atoms with Crippen LogP contribution in [0.5, 0.6) is 0 Å². The summed E-state index contributed by atoms with van der Waals surface area (Å²) >= 11 is 0. The number of nitrogens with one attached hydrogen (secondary N) is 1. The van der Waals surface area contributed by atoms with Crippen LogP contribution in [0.2, 0.25) is 0 Å². The number of allylic oxidation sites excluding steroid dienone is 1. The second-order valence-corrected chi connectivity index (χ2v) is 7.04. The Balaban J connectivity index is 1.80. The number of carbonyl (C=O) groups excluding carboxylic acids is 2. The largest absolute Gasteiger partial charge is 0.378 e. The summed E-state index contributed by atoms with van der Waals surface area (Å²) in [6.07, 6.45) is 8.44. The van der Waals surface area contributed by atoms with Gasteiger partial charge in [-0.05, 0) is 56.4 Å². The molecule has 0 saturated heterocycles. The van der Waals surface area contributed by atoms with Crippen LogP contribution in [0.1, 0.15) is 45.4 Å². The number of carbonyl (C=O) groups is 2. The van der Waals surface area contributed by atoms with Gasteiger partial charge in [-0.3, -0.25) is 9.59 Å². The molecule has 0 spiro atoms. The number of rotatable bonds is 8. The number of nitrogens with zero attached hydrogens (tertiary/aromatic N) is 2. The van der Waals surface area contributed by atoms with E-state index in [0.717, 1.165) is 24.2 Å². The van der Waals surface area contributed by atoms with E-state index in [1.54, 1.807) is 4.90 Å². The third kappa shape index (κ3) is 6.21. The summed E-state index contributed by atoms with van der Waals surface area (Å²) in [5.41, 5.74) is 3.36. The third-order valence-electron chi connectivity index (χ3n) is 4.77. The zero-order valence-corrected chi connectivity index (χ0v) is 16.3. The Kier molecular flexibility index (Phi) is 7.70. The van der Waals surface area contributed by atoms with Gasteiger partial charge >= 0.3 is 0 Å². The van der Waals surface area contributed by atoms with Gasteiger partial charge in [-0.2, -0.15) is 0 Å². The molecule has 0 fully saturated rings. The molecular weight excluding hydrogens is 326 g/mol. The van der Waals surface area contributed by atoms with Crippen LogP contribution in [0.15, 0.2) is 35.9 Å². The number of hydrogen-bond acceptors (Lipinski definition) is 3. The summed E-state index contributed by atoms with van der Waals surface area (Å²) in [6.45, 7) is 2.61. The van der Waals surface area contributed by atoms with E-state index in [1.165, 1.54) is 31.8 Å². The lowest BCUT2D eigenvalue weighted by atomic mass is 9.97. The van der Waals surface area contributed by atoms with Gasteiger partial charge in [0, 0.05) is 51.9 Å². The Morgan fingerprint density at radius 2 is 1.77 bits per heavy atom. The van der Waals surface area contributed by atoms with Crippen LogP contribution in [0.25, 0.3) is 0 Å². The first-order chi connectivity index (χ1) is 12.5. The molecule has 1 N–H and O–H groups in total. The first kappa shape index (κ1) is 20.0. The third-order valence-corrected chi connectivity index (χ3v) is 4.77. The summed E-state index contributed by atoms with van der Waals surface area (Å²) in [5, 5.41) is 2.98. The quantitative estimate of drug-likeness (QED) is 0.725. The minimum Gasteiger partial charge on any atom is -0.378 e. The van der Waals surface area contributed by atoms with Gasteiger partial charge in [0.1, 0.15) is 0 Å². The van der Waals surface area contributed by atoms with Gasteiger partial charge in [0.15, 0.2) is 0 Å². The molecule has 1 aromatic carbocycles. The van der Waals surface area contributed by atoms with Crippen molar-refractivity contribution < 1.29 is 9.59 Å². The fourth-order valence-corrected chi connectivity index (χ4v) is 3.19. The average Bonchev–Trinajstić information content (AvgIpc) is 2.63. The summed E-state index contributed by atoms with van der Waals surface area (Å²) in [6, 6.07) is 7.79. The van der Waals surface area contributed by atoms with Crippen molar-refractivity contribution in [2.75, 3.05) is 37.0 Å². The van der Waals surface area contributed by atoms with Gasteiger partial charge in [-0.1, -0.05) is 11.6 Å². The van der Waals surface area contributed by atoms with Gasteiger partial charge < -0.3 is 15.1 Å². The summed E-state index contributed by atoms with van der Waals surface area (Å²) < 4.78 is 0. The SMILES string of the molecule is CC(=O)N(CCC(=O)NCCC1=CCCCC1)c1ccc(N(C)C)cc1. The van der Waals surface area contributed by atoms with E-state index < -0.39 is 0 Å². The Morgan fingerprint density at radius 1 is 1.08 bits per heavy atom. The van der Waals surface area contributed by atoms with Crippen LogP contribution >= 0.6 is 0 Å². The van der Waals surface area contributed by atoms with E-state index in [9.17, 15) is 9.59 Å². The molecule has 5 nitrogen and oxygen atoms in total. The van der Waals surface area contributed by atoms with Crippen molar-refractivity contribution in [3.63, 3.8) is 0 Å². The lowest BCUT2D eigenvalue weighted by Gasteiger charge is -2.22. The molecule has 2 amide bonds. The summed E-state index contributed by atoms with van der Waals surface area (Å²) in [7, 11) is 3.96. The first-order valence-corrected chi connectivity index (χ1v) is 9.47. The lowest BCUT2D eigenvalue weighted by molar-refractivity contribution is -0.121. The van der Waals surface area contributed by atoms with Crippen LogP contribution in [0, 0.1) is 0 Å². The molecule has 5 heteroatoms. The standard InChI is InChI=1S/C21H31N3O2/c1-17(25)24(20-11-9-19(10-12-20)23(2)3)16-14-21(26)22-15-13-18-7-5-4-6-8-18/h7,9-12H,4-6,8,13-16H2,1-3H3,(H,22,26). The minimum atomic E-state index is -0.0530.